The van der Waals surface area contributed by atoms with Crippen LogP contribution in [0.2, 0.25) is 0 Å². The molecule has 1 rings (SSSR count). The van der Waals surface area contributed by atoms with Crippen LogP contribution in [0.5, 0.6) is 0 Å². The van der Waals surface area contributed by atoms with E-state index in [9.17, 15) is 4.79 Å². The molecule has 1 N–H and O–H groups in total. The number of amides is 1. The van der Waals surface area contributed by atoms with Crippen LogP contribution in [0.3, 0.4) is 0 Å². The average molecular weight is 176 g/mol. The molecule has 5 heteroatoms. The van der Waals surface area contributed by atoms with Crippen molar-refractivity contribution >= 4 is 35.1 Å². The molecule has 0 aromatic carbocycles. The summed E-state index contributed by atoms with van der Waals surface area (Å²) < 4.78 is 0.343. The maximum Gasteiger partial charge on any atom is 0.240 e. The maximum atomic E-state index is 10.9. The molecule has 0 bridgehead atoms. The highest BCUT2D eigenvalue weighted by Crippen LogP contribution is 2.06. The molecule has 1 aliphatic heterocycles. The van der Waals surface area contributed by atoms with Crippen LogP contribution in [0.15, 0.2) is 0 Å². The third kappa shape index (κ3) is 1.85. The summed E-state index contributed by atoms with van der Waals surface area (Å²) >= 11 is 8.48. The van der Waals surface area contributed by atoms with Gasteiger partial charge in [0.05, 0.1) is 0 Å². The van der Waals surface area contributed by atoms with Crippen LogP contribution >= 0.6 is 24.8 Å². The van der Waals surface area contributed by atoms with Gasteiger partial charge in [-0.2, -0.15) is 0 Å². The summed E-state index contributed by atoms with van der Waals surface area (Å²) in [5, 5.41) is 1.50. The normalized spacial score (nSPS) is 17.7. The van der Waals surface area contributed by atoms with Crippen LogP contribution in [0.4, 0.5) is 0 Å². The molecule has 3 nitrogen and oxygen atoms in total. The van der Waals surface area contributed by atoms with Gasteiger partial charge >= 0.3 is 0 Å². The molecule has 0 aromatic rings. The van der Waals surface area contributed by atoms with Crippen LogP contribution in [0.1, 0.15) is 12.8 Å². The van der Waals surface area contributed by atoms with Gasteiger partial charge in [0.25, 0.3) is 0 Å². The highest BCUT2D eigenvalue weighted by Gasteiger charge is 2.19. The SMILES string of the molecule is O=C1CCCN1NC(=S)S. The van der Waals surface area contributed by atoms with E-state index in [0.717, 1.165) is 13.0 Å². The van der Waals surface area contributed by atoms with Crippen LogP contribution < -0.4 is 5.43 Å². The largest absolute Gasteiger partial charge is 0.280 e. The van der Waals surface area contributed by atoms with E-state index in [1.54, 1.807) is 0 Å². The summed E-state index contributed by atoms with van der Waals surface area (Å²) in [4.78, 5) is 10.9. The molecule has 1 fully saturated rings. The van der Waals surface area contributed by atoms with Crippen molar-refractivity contribution in [1.82, 2.24) is 10.4 Å². The lowest BCUT2D eigenvalue weighted by molar-refractivity contribution is -0.129. The monoisotopic (exact) mass is 176 g/mol. The minimum atomic E-state index is 0.0939. The smallest absolute Gasteiger partial charge is 0.240 e. The Morgan fingerprint density at radius 2 is 2.50 bits per heavy atom. The number of rotatable bonds is 1. The minimum absolute atomic E-state index is 0.0939. The van der Waals surface area contributed by atoms with E-state index < -0.39 is 0 Å². The highest BCUT2D eigenvalue weighted by molar-refractivity contribution is 8.11. The first-order valence-corrected chi connectivity index (χ1v) is 3.85. The van der Waals surface area contributed by atoms with Gasteiger partial charge in [0, 0.05) is 13.0 Å². The second-order valence-corrected chi connectivity index (χ2v) is 3.22. The zero-order chi connectivity index (χ0) is 7.56. The molecule has 0 spiro atoms. The highest BCUT2D eigenvalue weighted by atomic mass is 32.1. The van der Waals surface area contributed by atoms with E-state index >= 15 is 0 Å². The molecular weight excluding hydrogens is 168 g/mol. The van der Waals surface area contributed by atoms with Gasteiger partial charge < -0.3 is 0 Å². The molecular formula is C5H8N2OS2. The van der Waals surface area contributed by atoms with Gasteiger partial charge in [-0.3, -0.25) is 15.2 Å². The predicted octanol–water partition coefficient (Wildman–Crippen LogP) is 0.328. The van der Waals surface area contributed by atoms with Crippen molar-refractivity contribution in [3.05, 3.63) is 0 Å². The van der Waals surface area contributed by atoms with E-state index in [1.165, 1.54) is 5.01 Å². The Labute approximate surface area is 70.1 Å². The summed E-state index contributed by atoms with van der Waals surface area (Å²) in [5.41, 5.74) is 2.67. The van der Waals surface area contributed by atoms with Crippen molar-refractivity contribution in [2.45, 2.75) is 12.8 Å². The first-order valence-electron chi connectivity index (χ1n) is 3.00. The van der Waals surface area contributed by atoms with Crippen LogP contribution in [0.25, 0.3) is 0 Å². The summed E-state index contributed by atoms with van der Waals surface area (Å²) in [7, 11) is 0. The number of nitrogens with zero attached hydrogens (tertiary/aromatic N) is 1. The van der Waals surface area contributed by atoms with Crippen molar-refractivity contribution in [3.63, 3.8) is 0 Å². The van der Waals surface area contributed by atoms with Crippen LogP contribution in [0, 0.1) is 0 Å². The topological polar surface area (TPSA) is 32.3 Å². The second kappa shape index (κ2) is 3.21. The zero-order valence-electron chi connectivity index (χ0n) is 5.33. The van der Waals surface area contributed by atoms with E-state index in [1.807, 2.05) is 0 Å². The Morgan fingerprint density at radius 3 is 2.90 bits per heavy atom. The number of carbonyl (C=O) groups excluding carboxylic acids is 1. The Bertz CT molecular complexity index is 171. The molecule has 1 aliphatic rings. The lowest BCUT2D eigenvalue weighted by Gasteiger charge is -2.15. The van der Waals surface area contributed by atoms with Crippen LogP contribution in [-0.4, -0.2) is 21.8 Å². The third-order valence-electron chi connectivity index (χ3n) is 1.30. The first-order chi connectivity index (χ1) is 4.70. The van der Waals surface area contributed by atoms with Gasteiger partial charge in [0.2, 0.25) is 5.91 Å². The summed E-state index contributed by atoms with van der Waals surface area (Å²) in [6.45, 7) is 0.736. The lowest BCUT2D eigenvalue weighted by atomic mass is 10.4. The third-order valence-corrected chi connectivity index (χ3v) is 1.50. The Morgan fingerprint density at radius 1 is 1.80 bits per heavy atom. The summed E-state index contributed by atoms with van der Waals surface area (Å²) in [5.74, 6) is 0.0939. The van der Waals surface area contributed by atoms with Gasteiger partial charge in [0.1, 0.15) is 4.32 Å². The van der Waals surface area contributed by atoms with Gasteiger partial charge in [-0.15, -0.1) is 12.6 Å². The quantitative estimate of drug-likeness (QED) is 0.446. The van der Waals surface area contributed by atoms with Crippen molar-refractivity contribution < 1.29 is 4.79 Å². The molecule has 10 heavy (non-hydrogen) atoms. The van der Waals surface area contributed by atoms with Crippen molar-refractivity contribution in [1.29, 1.82) is 0 Å². The second-order valence-electron chi connectivity index (χ2n) is 2.07. The summed E-state index contributed by atoms with van der Waals surface area (Å²) in [6.07, 6.45) is 1.52. The Kier molecular flexibility index (Phi) is 2.50. The molecule has 0 aliphatic carbocycles. The number of carbonyl (C=O) groups is 1. The molecule has 0 saturated carbocycles. The molecule has 0 atom stereocenters. The van der Waals surface area contributed by atoms with Crippen molar-refractivity contribution in [3.8, 4) is 0 Å². The number of thiocarbonyl (C=S) groups is 1. The molecule has 56 valence electrons. The Balaban J connectivity index is 2.40. The van der Waals surface area contributed by atoms with Gasteiger partial charge in [0.15, 0.2) is 0 Å². The summed E-state index contributed by atoms with van der Waals surface area (Å²) in [6, 6.07) is 0. The van der Waals surface area contributed by atoms with E-state index in [0.29, 0.717) is 10.7 Å². The zero-order valence-corrected chi connectivity index (χ0v) is 7.04. The van der Waals surface area contributed by atoms with E-state index in [-0.39, 0.29) is 5.91 Å². The van der Waals surface area contributed by atoms with Crippen molar-refractivity contribution in [2.24, 2.45) is 0 Å². The molecule has 0 aromatic heterocycles. The standard InChI is InChI=1S/C5H8N2OS2/c8-4-2-1-3-7(4)6-5(9)10/h1-3H2,(H2,6,9,10). The van der Waals surface area contributed by atoms with Crippen molar-refractivity contribution in [2.75, 3.05) is 6.54 Å². The first kappa shape index (κ1) is 7.81. The molecule has 0 unspecified atom stereocenters. The number of hydrogen-bond acceptors (Lipinski definition) is 2. The molecule has 1 heterocycles. The van der Waals surface area contributed by atoms with Gasteiger partial charge in [-0.1, -0.05) is 12.2 Å². The molecule has 1 amide bonds. The number of nitrogens with one attached hydrogen (secondary N) is 1. The minimum Gasteiger partial charge on any atom is -0.280 e. The number of thiol groups is 1. The average Bonchev–Trinajstić information content (AvgIpc) is 2.15. The van der Waals surface area contributed by atoms with E-state index in [2.05, 4.69) is 30.3 Å². The molecule has 0 radical (unpaired) electrons. The Hall–Kier alpha value is -0.290. The number of hydrogen-bond donors (Lipinski definition) is 2. The molecule has 1 saturated heterocycles. The number of hydrazine groups is 1. The fourth-order valence-electron chi connectivity index (χ4n) is 0.882. The van der Waals surface area contributed by atoms with Gasteiger partial charge in [-0.05, 0) is 6.42 Å². The van der Waals surface area contributed by atoms with E-state index in [4.69, 9.17) is 0 Å². The predicted molar refractivity (Wildman–Crippen MR) is 45.7 cm³/mol. The fraction of sp³-hybridized carbons (Fsp3) is 0.600. The maximum absolute atomic E-state index is 10.9. The van der Waals surface area contributed by atoms with Gasteiger partial charge in [-0.25, -0.2) is 0 Å². The van der Waals surface area contributed by atoms with Crippen LogP contribution in [-0.2, 0) is 4.79 Å². The fourth-order valence-corrected chi connectivity index (χ4v) is 1.11. The lowest BCUT2D eigenvalue weighted by Crippen LogP contribution is -2.40.